The van der Waals surface area contributed by atoms with Crippen LogP contribution in [-0.4, -0.2) is 41.0 Å². The summed E-state index contributed by atoms with van der Waals surface area (Å²) < 4.78 is 12.2. The lowest BCUT2D eigenvalue weighted by atomic mass is 9.79. The third kappa shape index (κ3) is 8.15. The Hall–Kier alpha value is -6.15. The summed E-state index contributed by atoms with van der Waals surface area (Å²) in [7, 11) is 0. The van der Waals surface area contributed by atoms with Crippen molar-refractivity contribution >= 4 is 17.7 Å². The van der Waals surface area contributed by atoms with Crippen molar-refractivity contribution in [3.8, 4) is 22.3 Å². The number of ketones is 1. The van der Waals surface area contributed by atoms with E-state index in [4.69, 9.17) is 9.47 Å². The van der Waals surface area contributed by atoms with Crippen LogP contribution in [-0.2, 0) is 34.9 Å². The lowest BCUT2D eigenvalue weighted by Gasteiger charge is -2.38. The van der Waals surface area contributed by atoms with Gasteiger partial charge in [-0.25, -0.2) is 0 Å². The molecule has 62 heavy (non-hydrogen) atoms. The average molecular weight is 825 g/mol. The monoisotopic (exact) mass is 824 g/mol. The molecule has 0 saturated heterocycles. The van der Waals surface area contributed by atoms with Crippen LogP contribution in [0.3, 0.4) is 0 Å². The molecule has 6 aromatic rings. The van der Waals surface area contributed by atoms with Gasteiger partial charge in [0.2, 0.25) is 0 Å². The van der Waals surface area contributed by atoms with Crippen LogP contribution in [0, 0.1) is 0 Å². The largest absolute Gasteiger partial charge is 0.459 e. The summed E-state index contributed by atoms with van der Waals surface area (Å²) in [5.74, 6) is -0.934. The predicted octanol–water partition coefficient (Wildman–Crippen LogP) is 10.7. The minimum Gasteiger partial charge on any atom is -0.459 e. The summed E-state index contributed by atoms with van der Waals surface area (Å²) in [6.45, 7) is 11.1. The zero-order valence-electron chi connectivity index (χ0n) is 36.5. The molecule has 0 radical (unpaired) electrons. The summed E-state index contributed by atoms with van der Waals surface area (Å²) in [4.78, 5) is 43.0. The van der Waals surface area contributed by atoms with Crippen molar-refractivity contribution in [1.29, 1.82) is 0 Å². The fraction of sp³-hybridized carbons (Fsp3) is 0.291. The molecule has 7 heteroatoms. The molecular formula is C55H56N2O5. The number of carbonyl (C=O) groups excluding carboxylic acids is 3. The van der Waals surface area contributed by atoms with Crippen LogP contribution >= 0.6 is 0 Å². The summed E-state index contributed by atoms with van der Waals surface area (Å²) in [6.07, 6.45) is 0.543. The van der Waals surface area contributed by atoms with Crippen molar-refractivity contribution < 1.29 is 23.9 Å². The number of esters is 2. The van der Waals surface area contributed by atoms with Crippen LogP contribution in [0.15, 0.2) is 158 Å². The molecule has 7 nitrogen and oxygen atoms in total. The van der Waals surface area contributed by atoms with E-state index >= 15 is 0 Å². The average Bonchev–Trinajstić information content (AvgIpc) is 3.71. The highest BCUT2D eigenvalue weighted by molar-refractivity contribution is 5.87. The summed E-state index contributed by atoms with van der Waals surface area (Å²) in [5, 5.41) is 7.64. The Bertz CT molecular complexity index is 2320. The molecule has 2 aliphatic rings. The summed E-state index contributed by atoms with van der Waals surface area (Å²) in [6, 6.07) is 51.8. The summed E-state index contributed by atoms with van der Waals surface area (Å²) in [5.41, 5.74) is 7.09. The molecule has 0 fully saturated rings. The van der Waals surface area contributed by atoms with Crippen molar-refractivity contribution in [1.82, 2.24) is 10.6 Å². The zero-order chi connectivity index (χ0) is 43.7. The standard InChI is InChI=1S/C55H56N2O5/c1-52(2,3)61-50(59)48(56-54(37-21-9-7-10-22-37)44-29-17-13-25-40(44)41-26-14-18-30-45(41)54)35-33-39(58)34-36-49(51(60)62-53(4,5)6)57-55(38-23-11-8-12-24-38)46-31-19-15-27-42(46)43-28-16-20-32-47(43)55/h7-32,48-49,56-57H,33-36H2,1-6H3/t48-,49-/m0/s1. The van der Waals surface area contributed by atoms with Gasteiger partial charge in [-0.05, 0) is 110 Å². The molecule has 2 aliphatic carbocycles. The van der Waals surface area contributed by atoms with Gasteiger partial charge in [0.1, 0.15) is 29.1 Å². The Morgan fingerprint density at radius 3 is 1.00 bits per heavy atom. The molecular weight excluding hydrogens is 769 g/mol. The van der Waals surface area contributed by atoms with Gasteiger partial charge in [0, 0.05) is 12.8 Å². The number of hydrogen-bond acceptors (Lipinski definition) is 7. The van der Waals surface area contributed by atoms with E-state index in [1.54, 1.807) is 0 Å². The molecule has 0 spiro atoms. The lowest BCUT2D eigenvalue weighted by molar-refractivity contribution is -0.159. The molecule has 2 atom stereocenters. The van der Waals surface area contributed by atoms with Crippen molar-refractivity contribution in [2.24, 2.45) is 0 Å². The highest BCUT2D eigenvalue weighted by Crippen LogP contribution is 2.52. The minimum atomic E-state index is -0.898. The van der Waals surface area contributed by atoms with E-state index in [0.717, 1.165) is 55.6 Å². The van der Waals surface area contributed by atoms with E-state index < -0.39 is 46.3 Å². The molecule has 0 heterocycles. The molecule has 0 amide bonds. The number of rotatable bonds is 14. The van der Waals surface area contributed by atoms with Crippen LogP contribution < -0.4 is 10.6 Å². The van der Waals surface area contributed by atoms with E-state index in [1.165, 1.54) is 0 Å². The second-order valence-electron chi connectivity index (χ2n) is 18.5. The molecule has 0 bridgehead atoms. The second-order valence-corrected chi connectivity index (χ2v) is 18.5. The zero-order valence-corrected chi connectivity index (χ0v) is 36.5. The number of carbonyl (C=O) groups is 3. The molecule has 0 saturated carbocycles. The molecule has 2 N–H and O–H groups in total. The van der Waals surface area contributed by atoms with Gasteiger partial charge in [-0.15, -0.1) is 0 Å². The number of ether oxygens (including phenoxy) is 2. The fourth-order valence-electron chi connectivity index (χ4n) is 9.45. The quantitative estimate of drug-likeness (QED) is 0.106. The molecule has 316 valence electrons. The lowest BCUT2D eigenvalue weighted by Crippen LogP contribution is -2.53. The van der Waals surface area contributed by atoms with E-state index in [9.17, 15) is 14.4 Å². The third-order valence-electron chi connectivity index (χ3n) is 11.9. The normalized spacial score (nSPS) is 15.3. The molecule has 6 aromatic carbocycles. The maximum Gasteiger partial charge on any atom is 0.323 e. The van der Waals surface area contributed by atoms with Gasteiger partial charge >= 0.3 is 11.9 Å². The Labute approximate surface area is 365 Å². The van der Waals surface area contributed by atoms with Crippen molar-refractivity contribution in [3.05, 3.63) is 191 Å². The van der Waals surface area contributed by atoms with E-state index in [-0.39, 0.29) is 31.5 Å². The Balaban J connectivity index is 1.11. The van der Waals surface area contributed by atoms with Crippen LogP contribution in [0.1, 0.15) is 101 Å². The number of Topliss-reactive ketones (excluding diaryl/α,β-unsaturated/α-hetero) is 1. The topological polar surface area (TPSA) is 93.7 Å². The number of benzene rings is 6. The maximum absolute atomic E-state index is 14.3. The van der Waals surface area contributed by atoms with Crippen LogP contribution in [0.5, 0.6) is 0 Å². The highest BCUT2D eigenvalue weighted by atomic mass is 16.6. The van der Waals surface area contributed by atoms with Gasteiger partial charge in [-0.1, -0.05) is 158 Å². The predicted molar refractivity (Wildman–Crippen MR) is 245 cm³/mol. The van der Waals surface area contributed by atoms with Crippen molar-refractivity contribution in [2.45, 2.75) is 102 Å². The molecule has 0 aliphatic heterocycles. The van der Waals surface area contributed by atoms with Gasteiger partial charge in [0.05, 0.1) is 11.1 Å². The van der Waals surface area contributed by atoms with Crippen LogP contribution in [0.4, 0.5) is 0 Å². The van der Waals surface area contributed by atoms with E-state index in [0.29, 0.717) is 0 Å². The first-order chi connectivity index (χ1) is 29.7. The maximum atomic E-state index is 14.3. The first-order valence-electron chi connectivity index (χ1n) is 21.7. The van der Waals surface area contributed by atoms with E-state index in [1.807, 2.05) is 126 Å². The van der Waals surface area contributed by atoms with Gasteiger partial charge in [-0.2, -0.15) is 0 Å². The first kappa shape index (κ1) is 42.5. The van der Waals surface area contributed by atoms with Gasteiger partial charge in [0.25, 0.3) is 0 Å². The van der Waals surface area contributed by atoms with Crippen molar-refractivity contribution in [2.75, 3.05) is 0 Å². The first-order valence-corrected chi connectivity index (χ1v) is 21.7. The Morgan fingerprint density at radius 2 is 0.710 bits per heavy atom. The summed E-state index contributed by atoms with van der Waals surface area (Å²) >= 11 is 0. The van der Waals surface area contributed by atoms with Gasteiger partial charge in [-0.3, -0.25) is 25.0 Å². The van der Waals surface area contributed by atoms with Gasteiger partial charge < -0.3 is 9.47 Å². The van der Waals surface area contributed by atoms with E-state index in [2.05, 4.69) is 83.4 Å². The molecule has 8 rings (SSSR count). The minimum absolute atomic E-state index is 0.0716. The van der Waals surface area contributed by atoms with Crippen molar-refractivity contribution in [3.63, 3.8) is 0 Å². The third-order valence-corrected chi connectivity index (χ3v) is 11.9. The second kappa shape index (κ2) is 17.0. The highest BCUT2D eigenvalue weighted by Gasteiger charge is 2.49. The Morgan fingerprint density at radius 1 is 0.435 bits per heavy atom. The number of hydrogen-bond donors (Lipinski definition) is 2. The number of fused-ring (bicyclic) bond motifs is 6. The Kier molecular flexibility index (Phi) is 11.6. The van der Waals surface area contributed by atoms with Crippen LogP contribution in [0.2, 0.25) is 0 Å². The molecule has 0 aromatic heterocycles. The fourth-order valence-corrected chi connectivity index (χ4v) is 9.45. The number of nitrogens with one attached hydrogen (secondary N) is 2. The smallest absolute Gasteiger partial charge is 0.323 e. The molecule has 0 unspecified atom stereocenters. The van der Waals surface area contributed by atoms with Crippen LogP contribution in [0.25, 0.3) is 22.3 Å². The van der Waals surface area contributed by atoms with Gasteiger partial charge in [0.15, 0.2) is 0 Å². The SMILES string of the molecule is CC(C)(C)OC(=O)[C@H](CCC(=O)CC[C@H](NC1(c2ccccc2)c2ccccc2-c2ccccc21)C(=O)OC(C)(C)C)NC1(c2ccccc2)c2ccccc2-c2ccccc21.